The molecule has 5 heteroatoms. The van der Waals surface area contributed by atoms with Gasteiger partial charge in [0.15, 0.2) is 0 Å². The molecule has 0 amide bonds. The van der Waals surface area contributed by atoms with Gasteiger partial charge in [0.2, 0.25) is 0 Å². The zero-order valence-electron chi connectivity index (χ0n) is 21.0. The van der Waals surface area contributed by atoms with Crippen LogP contribution in [0.15, 0.2) is 0 Å². The number of rotatable bonds is 2. The van der Waals surface area contributed by atoms with E-state index >= 15 is 0 Å². The van der Waals surface area contributed by atoms with Crippen LogP contribution in [0.2, 0.25) is 24.2 Å². The van der Waals surface area contributed by atoms with E-state index in [0.717, 1.165) is 52.8 Å². The number of halogens is 2. The first-order chi connectivity index (χ1) is 14.3. The van der Waals surface area contributed by atoms with Crippen molar-refractivity contribution in [1.29, 1.82) is 0 Å². The Morgan fingerprint density at radius 3 is 2.19 bits per heavy atom. The molecule has 0 radical (unpaired) electrons. The molecule has 1 heterocycles. The molecule has 5 aliphatic rings. The van der Waals surface area contributed by atoms with Crippen molar-refractivity contribution in [1.82, 2.24) is 4.90 Å². The summed E-state index contributed by atoms with van der Waals surface area (Å²) in [5, 5.41) is 0. The molecule has 0 bridgehead atoms. The van der Waals surface area contributed by atoms with Gasteiger partial charge < -0.3 is 13.3 Å². The van der Waals surface area contributed by atoms with Crippen LogP contribution in [-0.2, 0) is 20.8 Å². The minimum absolute atomic E-state index is 0. The summed E-state index contributed by atoms with van der Waals surface area (Å²) >= 11 is -0.826. The second-order valence-electron chi connectivity index (χ2n) is 12.2. The standard InChI is InChI=1S/C25H44NSi.CH3.2ClH.Zr/c1-16-13-14-21-20(15-16)23-24(26(21)3)18-10-6-7-11-19(18)25(23)27(4,5)22-12-8-9-17(22)2;;;;/h16,18-25H,6-15H2,1-5H3;1H3;2*1H;/q2*-1;;;+4/p-2. The van der Waals surface area contributed by atoms with Crippen molar-refractivity contribution < 1.29 is 20.8 Å². The van der Waals surface area contributed by atoms with E-state index in [9.17, 15) is 0 Å². The Morgan fingerprint density at radius 1 is 0.935 bits per heavy atom. The molecule has 0 aromatic heterocycles. The Kier molecular flexibility index (Phi) is 9.78. The molecular weight excluding hydrogens is 517 g/mol. The van der Waals surface area contributed by atoms with E-state index < -0.39 is 28.9 Å². The van der Waals surface area contributed by atoms with Gasteiger partial charge in [-0.3, -0.25) is 4.90 Å². The molecule has 9 atom stereocenters. The average Bonchev–Trinajstić information content (AvgIpc) is 3.36. The molecule has 0 spiro atoms. The molecule has 1 nitrogen and oxygen atoms in total. The molecule has 5 fully saturated rings. The van der Waals surface area contributed by atoms with E-state index in [2.05, 4.69) is 38.9 Å². The Hall–Kier alpha value is 1.64. The van der Waals surface area contributed by atoms with Crippen LogP contribution in [0.4, 0.5) is 0 Å². The maximum absolute atomic E-state index is 4.93. The third-order valence-corrected chi connectivity index (χ3v) is 15.7. The van der Waals surface area contributed by atoms with Crippen LogP contribution in [-0.4, -0.2) is 32.1 Å². The summed E-state index contributed by atoms with van der Waals surface area (Å²) in [4.78, 5) is 2.97. The van der Waals surface area contributed by atoms with Crippen LogP contribution in [0.5, 0.6) is 0 Å². The van der Waals surface area contributed by atoms with Gasteiger partial charge in [0.25, 0.3) is 0 Å². The zero-order chi connectivity index (χ0) is 21.6. The predicted octanol–water partition coefficient (Wildman–Crippen LogP) is 8.60. The van der Waals surface area contributed by atoms with Crippen molar-refractivity contribution in [3.63, 3.8) is 0 Å². The number of hydrogen-bond donors (Lipinski definition) is 0. The Bertz CT molecular complexity index is 590. The summed E-state index contributed by atoms with van der Waals surface area (Å²) in [6, 6.07) is 1.88. The molecular formula is C26H47Cl2NSiZr. The third kappa shape index (κ3) is 4.86. The number of nitrogens with zero attached hydrogens (tertiary/aromatic N) is 1. The van der Waals surface area contributed by atoms with E-state index in [4.69, 9.17) is 17.0 Å². The summed E-state index contributed by atoms with van der Waals surface area (Å²) in [6.45, 7) is 10.8. The van der Waals surface area contributed by atoms with Crippen LogP contribution in [0, 0.1) is 42.9 Å². The van der Waals surface area contributed by atoms with Crippen LogP contribution in [0.1, 0.15) is 78.1 Å². The van der Waals surface area contributed by atoms with Gasteiger partial charge in [-0.1, -0.05) is 52.1 Å². The molecule has 31 heavy (non-hydrogen) atoms. The summed E-state index contributed by atoms with van der Waals surface area (Å²) in [7, 11) is 11.1. The summed E-state index contributed by atoms with van der Waals surface area (Å²) < 4.78 is 0. The van der Waals surface area contributed by atoms with Gasteiger partial charge >= 0.3 is 37.9 Å². The SMILES string of the molecule is C[C-]1CCCC1[Si](C)(C)C1C2CCCCC2C2C1C1CC(C)CCC1N2C.[CH3-].[Cl][Zr+2][Cl]. The average molecular weight is 564 g/mol. The second kappa shape index (κ2) is 11.1. The van der Waals surface area contributed by atoms with E-state index in [1.807, 2.05) is 5.92 Å². The van der Waals surface area contributed by atoms with Crippen molar-refractivity contribution in [3.8, 4) is 0 Å². The van der Waals surface area contributed by atoms with E-state index in [1.165, 1.54) is 44.9 Å². The zero-order valence-corrected chi connectivity index (χ0v) is 25.9. The second-order valence-corrected chi connectivity index (χ2v) is 20.9. The van der Waals surface area contributed by atoms with Gasteiger partial charge in [-0.25, -0.2) is 0 Å². The fourth-order valence-electron chi connectivity index (χ4n) is 9.78. The summed E-state index contributed by atoms with van der Waals surface area (Å²) in [5.74, 6) is 7.12. The quantitative estimate of drug-likeness (QED) is 0.240. The fourth-order valence-corrected chi connectivity index (χ4v) is 15.6. The Morgan fingerprint density at radius 2 is 1.58 bits per heavy atom. The van der Waals surface area contributed by atoms with Crippen molar-refractivity contribution in [3.05, 3.63) is 13.3 Å². The number of hydrogen-bond acceptors (Lipinski definition) is 1. The Balaban J connectivity index is 0.000000645. The van der Waals surface area contributed by atoms with Crippen LogP contribution in [0.25, 0.3) is 0 Å². The molecule has 9 unspecified atom stereocenters. The summed E-state index contributed by atoms with van der Waals surface area (Å²) in [6.07, 6.45) is 15.2. The first kappa shape index (κ1) is 27.2. The molecule has 4 saturated carbocycles. The third-order valence-electron chi connectivity index (χ3n) is 10.6. The molecule has 1 aliphatic heterocycles. The maximum atomic E-state index is 4.93. The molecule has 5 rings (SSSR count). The van der Waals surface area contributed by atoms with Gasteiger partial charge in [0, 0.05) is 20.2 Å². The molecule has 0 N–H and O–H groups in total. The topological polar surface area (TPSA) is 3.24 Å². The predicted molar refractivity (Wildman–Crippen MR) is 137 cm³/mol. The van der Waals surface area contributed by atoms with Gasteiger partial charge in [0.05, 0.1) is 0 Å². The van der Waals surface area contributed by atoms with Gasteiger partial charge in [-0.05, 0) is 67.9 Å². The van der Waals surface area contributed by atoms with Crippen LogP contribution >= 0.6 is 17.0 Å². The normalized spacial score (nSPS) is 44.9. The number of fused-ring (bicyclic) bond motifs is 5. The van der Waals surface area contributed by atoms with Gasteiger partial charge in [0.1, 0.15) is 0 Å². The Labute approximate surface area is 213 Å². The van der Waals surface area contributed by atoms with E-state index in [-0.39, 0.29) is 7.43 Å². The monoisotopic (exact) mass is 561 g/mol. The minimum atomic E-state index is -1.29. The van der Waals surface area contributed by atoms with Gasteiger partial charge in [-0.15, -0.1) is 0 Å². The molecule has 0 aromatic carbocycles. The van der Waals surface area contributed by atoms with E-state index in [1.54, 1.807) is 19.3 Å². The molecule has 1 saturated heterocycles. The molecule has 178 valence electrons. The first-order valence-corrected chi connectivity index (χ1v) is 22.3. The van der Waals surface area contributed by atoms with Crippen LogP contribution < -0.4 is 0 Å². The van der Waals surface area contributed by atoms with E-state index in [0.29, 0.717) is 0 Å². The van der Waals surface area contributed by atoms with Crippen molar-refractivity contribution in [2.24, 2.45) is 29.6 Å². The number of likely N-dealkylation sites (tertiary alicyclic amines) is 1. The fraction of sp³-hybridized carbons (Fsp3) is 0.923. The van der Waals surface area contributed by atoms with Gasteiger partial charge in [-0.2, -0.15) is 18.9 Å². The van der Waals surface area contributed by atoms with Crippen molar-refractivity contribution >= 4 is 25.1 Å². The van der Waals surface area contributed by atoms with Crippen molar-refractivity contribution in [2.45, 2.75) is 114 Å². The summed E-state index contributed by atoms with van der Waals surface area (Å²) in [5.41, 5.74) is 2.16. The van der Waals surface area contributed by atoms with Crippen molar-refractivity contribution in [2.75, 3.05) is 7.05 Å². The van der Waals surface area contributed by atoms with Crippen LogP contribution in [0.3, 0.4) is 0 Å². The first-order valence-electron chi connectivity index (χ1n) is 12.8. The molecule has 4 aliphatic carbocycles. The molecule has 0 aromatic rings.